The second kappa shape index (κ2) is 6.53. The van der Waals surface area contributed by atoms with Crippen molar-refractivity contribution in [2.75, 3.05) is 6.61 Å². The Hall–Kier alpha value is -1.87. The minimum atomic E-state index is -0.174. The minimum absolute atomic E-state index is 0.174. The first kappa shape index (κ1) is 14.5. The van der Waals surface area contributed by atoms with E-state index in [1.54, 1.807) is 6.20 Å². The first-order valence-electron chi connectivity index (χ1n) is 7.03. The largest absolute Gasteiger partial charge is 0.492 e. The molecule has 0 aliphatic rings. The molecule has 0 bridgehead atoms. The molecule has 0 aliphatic carbocycles. The Morgan fingerprint density at radius 3 is 2.80 bits per heavy atom. The molecule has 3 nitrogen and oxygen atoms in total. The smallest absolute Gasteiger partial charge is 0.137 e. The number of hydrogen-bond acceptors (Lipinski definition) is 3. The SMILES string of the molecule is CCCOc1cncc(C(N)c2cccc(C)c2C)c1. The van der Waals surface area contributed by atoms with E-state index in [1.807, 2.05) is 18.3 Å². The van der Waals surface area contributed by atoms with Gasteiger partial charge in [-0.3, -0.25) is 4.98 Å². The highest BCUT2D eigenvalue weighted by molar-refractivity contribution is 5.41. The normalized spacial score (nSPS) is 12.2. The molecule has 1 aromatic carbocycles. The molecule has 1 heterocycles. The molecule has 1 atom stereocenters. The van der Waals surface area contributed by atoms with E-state index < -0.39 is 0 Å². The van der Waals surface area contributed by atoms with E-state index in [1.165, 1.54) is 11.1 Å². The number of aromatic nitrogens is 1. The van der Waals surface area contributed by atoms with E-state index >= 15 is 0 Å². The van der Waals surface area contributed by atoms with Crippen molar-refractivity contribution in [2.45, 2.75) is 33.2 Å². The van der Waals surface area contributed by atoms with Crippen molar-refractivity contribution in [1.29, 1.82) is 0 Å². The lowest BCUT2D eigenvalue weighted by atomic mass is 9.94. The highest BCUT2D eigenvalue weighted by atomic mass is 16.5. The maximum absolute atomic E-state index is 6.39. The predicted octanol–water partition coefficient (Wildman–Crippen LogP) is 3.54. The van der Waals surface area contributed by atoms with Crippen LogP contribution in [-0.2, 0) is 0 Å². The molecular weight excluding hydrogens is 248 g/mol. The van der Waals surface area contributed by atoms with Gasteiger partial charge in [0.15, 0.2) is 0 Å². The second-order valence-electron chi connectivity index (χ2n) is 5.07. The summed E-state index contributed by atoms with van der Waals surface area (Å²) in [6, 6.07) is 8.03. The molecule has 0 saturated heterocycles. The topological polar surface area (TPSA) is 48.1 Å². The van der Waals surface area contributed by atoms with Crippen LogP contribution in [-0.4, -0.2) is 11.6 Å². The van der Waals surface area contributed by atoms with Gasteiger partial charge < -0.3 is 10.5 Å². The monoisotopic (exact) mass is 270 g/mol. The highest BCUT2D eigenvalue weighted by Gasteiger charge is 2.13. The molecule has 0 spiro atoms. The van der Waals surface area contributed by atoms with Gasteiger partial charge >= 0.3 is 0 Å². The molecule has 1 aromatic heterocycles. The zero-order valence-corrected chi connectivity index (χ0v) is 12.4. The van der Waals surface area contributed by atoms with Crippen molar-refractivity contribution >= 4 is 0 Å². The van der Waals surface area contributed by atoms with Crippen LogP contribution in [0.25, 0.3) is 0 Å². The van der Waals surface area contributed by atoms with Gasteiger partial charge in [0.25, 0.3) is 0 Å². The summed E-state index contributed by atoms with van der Waals surface area (Å²) >= 11 is 0. The number of ether oxygens (including phenoxy) is 1. The average molecular weight is 270 g/mol. The lowest BCUT2D eigenvalue weighted by Crippen LogP contribution is -2.14. The maximum atomic E-state index is 6.39. The molecule has 20 heavy (non-hydrogen) atoms. The Morgan fingerprint density at radius 1 is 1.25 bits per heavy atom. The quantitative estimate of drug-likeness (QED) is 0.904. The lowest BCUT2D eigenvalue weighted by molar-refractivity contribution is 0.315. The van der Waals surface area contributed by atoms with Crippen LogP contribution in [0, 0.1) is 13.8 Å². The van der Waals surface area contributed by atoms with Crippen LogP contribution in [0.5, 0.6) is 5.75 Å². The molecule has 0 saturated carbocycles. The Bertz CT molecular complexity index is 581. The number of aryl methyl sites for hydroxylation is 1. The Kier molecular flexibility index (Phi) is 4.74. The summed E-state index contributed by atoms with van der Waals surface area (Å²) in [5.41, 5.74) is 11.0. The summed E-state index contributed by atoms with van der Waals surface area (Å²) in [6.07, 6.45) is 4.52. The number of hydrogen-bond donors (Lipinski definition) is 1. The lowest BCUT2D eigenvalue weighted by Gasteiger charge is -2.17. The Balaban J connectivity index is 2.28. The summed E-state index contributed by atoms with van der Waals surface area (Å²) in [5, 5.41) is 0. The average Bonchev–Trinajstić information content (AvgIpc) is 2.47. The molecule has 0 fully saturated rings. The van der Waals surface area contributed by atoms with Gasteiger partial charge in [-0.15, -0.1) is 0 Å². The molecule has 0 amide bonds. The van der Waals surface area contributed by atoms with Crippen LogP contribution in [0.1, 0.15) is 41.6 Å². The number of benzene rings is 1. The maximum Gasteiger partial charge on any atom is 0.137 e. The van der Waals surface area contributed by atoms with Crippen molar-refractivity contribution in [2.24, 2.45) is 5.73 Å². The van der Waals surface area contributed by atoms with Gasteiger partial charge in [0.2, 0.25) is 0 Å². The van der Waals surface area contributed by atoms with Crippen molar-refractivity contribution in [3.05, 3.63) is 58.9 Å². The molecular formula is C17H22N2O. The zero-order chi connectivity index (χ0) is 14.5. The zero-order valence-electron chi connectivity index (χ0n) is 12.4. The fourth-order valence-corrected chi connectivity index (χ4v) is 2.19. The fourth-order valence-electron chi connectivity index (χ4n) is 2.19. The van der Waals surface area contributed by atoms with E-state index in [0.29, 0.717) is 6.61 Å². The van der Waals surface area contributed by atoms with Crippen LogP contribution in [0.3, 0.4) is 0 Å². The van der Waals surface area contributed by atoms with E-state index in [0.717, 1.165) is 23.3 Å². The molecule has 2 rings (SSSR count). The van der Waals surface area contributed by atoms with Crippen molar-refractivity contribution in [3.63, 3.8) is 0 Å². The van der Waals surface area contributed by atoms with Crippen molar-refractivity contribution in [1.82, 2.24) is 4.98 Å². The molecule has 0 radical (unpaired) electrons. The van der Waals surface area contributed by atoms with Gasteiger partial charge in [-0.25, -0.2) is 0 Å². The molecule has 2 aromatic rings. The summed E-state index contributed by atoms with van der Waals surface area (Å²) in [5.74, 6) is 0.783. The second-order valence-corrected chi connectivity index (χ2v) is 5.07. The minimum Gasteiger partial charge on any atom is -0.492 e. The summed E-state index contributed by atoms with van der Waals surface area (Å²) in [4.78, 5) is 4.23. The van der Waals surface area contributed by atoms with Crippen LogP contribution < -0.4 is 10.5 Å². The number of rotatable bonds is 5. The summed E-state index contributed by atoms with van der Waals surface area (Å²) in [6.45, 7) is 6.99. The summed E-state index contributed by atoms with van der Waals surface area (Å²) in [7, 11) is 0. The van der Waals surface area contributed by atoms with Gasteiger partial charge in [-0.1, -0.05) is 25.1 Å². The first-order chi connectivity index (χ1) is 9.63. The van der Waals surface area contributed by atoms with Gasteiger partial charge in [0, 0.05) is 6.20 Å². The summed E-state index contributed by atoms with van der Waals surface area (Å²) < 4.78 is 5.62. The van der Waals surface area contributed by atoms with E-state index in [-0.39, 0.29) is 6.04 Å². The Morgan fingerprint density at radius 2 is 2.05 bits per heavy atom. The van der Waals surface area contributed by atoms with E-state index in [2.05, 4.69) is 37.9 Å². The molecule has 0 aliphatic heterocycles. The van der Waals surface area contributed by atoms with Gasteiger partial charge in [-0.2, -0.15) is 0 Å². The Labute approximate surface area is 120 Å². The highest BCUT2D eigenvalue weighted by Crippen LogP contribution is 2.26. The first-order valence-corrected chi connectivity index (χ1v) is 7.03. The van der Waals surface area contributed by atoms with Gasteiger partial charge in [0.05, 0.1) is 18.8 Å². The third kappa shape index (κ3) is 3.17. The fraction of sp³-hybridized carbons (Fsp3) is 0.353. The molecule has 1 unspecified atom stereocenters. The standard InChI is InChI=1S/C17H22N2O/c1-4-8-20-15-9-14(10-19-11-15)17(18)16-7-5-6-12(2)13(16)3/h5-7,9-11,17H,4,8,18H2,1-3H3. The van der Waals surface area contributed by atoms with Gasteiger partial charge in [0.1, 0.15) is 5.75 Å². The molecule has 2 N–H and O–H groups in total. The number of nitrogens with two attached hydrogens (primary N) is 1. The third-order valence-electron chi connectivity index (χ3n) is 3.55. The molecule has 106 valence electrons. The van der Waals surface area contributed by atoms with Crippen LogP contribution in [0.4, 0.5) is 0 Å². The molecule has 3 heteroatoms. The predicted molar refractivity (Wildman–Crippen MR) is 82.0 cm³/mol. The van der Waals surface area contributed by atoms with Crippen LogP contribution in [0.2, 0.25) is 0 Å². The third-order valence-corrected chi connectivity index (χ3v) is 3.55. The van der Waals surface area contributed by atoms with E-state index in [9.17, 15) is 0 Å². The van der Waals surface area contributed by atoms with E-state index in [4.69, 9.17) is 10.5 Å². The van der Waals surface area contributed by atoms with Crippen molar-refractivity contribution in [3.8, 4) is 5.75 Å². The number of pyridine rings is 1. The van der Waals surface area contributed by atoms with Gasteiger partial charge in [-0.05, 0) is 48.6 Å². The van der Waals surface area contributed by atoms with Crippen LogP contribution in [0.15, 0.2) is 36.7 Å². The number of nitrogens with zero attached hydrogens (tertiary/aromatic N) is 1. The van der Waals surface area contributed by atoms with Crippen LogP contribution >= 0.6 is 0 Å². The van der Waals surface area contributed by atoms with Crippen molar-refractivity contribution < 1.29 is 4.74 Å².